The normalized spacial score (nSPS) is 11.3. The van der Waals surface area contributed by atoms with Crippen LogP contribution in [0, 0.1) is 6.92 Å². The average Bonchev–Trinajstić information content (AvgIpc) is 3.13. The highest BCUT2D eigenvalue weighted by molar-refractivity contribution is 7.88. The summed E-state index contributed by atoms with van der Waals surface area (Å²) in [6, 6.07) is 11.7. The van der Waals surface area contributed by atoms with Crippen LogP contribution in [0.5, 0.6) is 11.5 Å². The summed E-state index contributed by atoms with van der Waals surface area (Å²) in [5.74, 6) is -0.00126. The van der Waals surface area contributed by atoms with Gasteiger partial charge in [0, 0.05) is 26.9 Å². The van der Waals surface area contributed by atoms with Crippen molar-refractivity contribution in [1.82, 2.24) is 14.1 Å². The number of amides is 1. The molecule has 0 saturated heterocycles. The van der Waals surface area contributed by atoms with Crippen LogP contribution in [-0.2, 0) is 23.1 Å². The van der Waals surface area contributed by atoms with Crippen LogP contribution < -0.4 is 9.47 Å². The highest BCUT2D eigenvalue weighted by atomic mass is 35.5. The van der Waals surface area contributed by atoms with E-state index >= 15 is 0 Å². The molecule has 1 aromatic heterocycles. The molecule has 0 fully saturated rings. The predicted molar refractivity (Wildman–Crippen MR) is 127 cm³/mol. The van der Waals surface area contributed by atoms with Gasteiger partial charge in [0.05, 0.1) is 33.6 Å². The number of rotatable bonds is 8. The molecule has 1 heterocycles. The van der Waals surface area contributed by atoms with E-state index in [9.17, 15) is 13.2 Å². The summed E-state index contributed by atoms with van der Waals surface area (Å²) in [4.78, 5) is 13.2. The second kappa shape index (κ2) is 10.0. The van der Waals surface area contributed by atoms with E-state index in [1.165, 1.54) is 20.3 Å². The largest absolute Gasteiger partial charge is 0.493 e. The van der Waals surface area contributed by atoms with E-state index in [-0.39, 0.29) is 18.8 Å². The lowest BCUT2D eigenvalue weighted by Crippen LogP contribution is -2.36. The van der Waals surface area contributed by atoms with Gasteiger partial charge in [-0.25, -0.2) is 12.7 Å². The van der Waals surface area contributed by atoms with Crippen molar-refractivity contribution in [3.05, 3.63) is 75.0 Å². The van der Waals surface area contributed by atoms with Gasteiger partial charge in [0.1, 0.15) is 0 Å². The maximum Gasteiger partial charge on any atom is 0.288 e. The minimum atomic E-state index is -3.94. The molecule has 0 N–H and O–H groups in total. The topological polar surface area (TPSA) is 90.7 Å². The van der Waals surface area contributed by atoms with E-state index in [0.29, 0.717) is 38.4 Å². The van der Waals surface area contributed by atoms with Gasteiger partial charge in [0.15, 0.2) is 17.2 Å². The molecule has 176 valence electrons. The fourth-order valence-corrected chi connectivity index (χ4v) is 4.59. The van der Waals surface area contributed by atoms with Gasteiger partial charge < -0.3 is 9.47 Å². The van der Waals surface area contributed by atoms with Crippen molar-refractivity contribution < 1.29 is 22.7 Å². The number of hydrogen-bond donors (Lipinski definition) is 0. The minimum absolute atomic E-state index is 0.0250. The summed E-state index contributed by atoms with van der Waals surface area (Å²) in [6.45, 7) is 1.73. The van der Waals surface area contributed by atoms with Crippen molar-refractivity contribution in [2.45, 2.75) is 20.0 Å². The van der Waals surface area contributed by atoms with Crippen molar-refractivity contribution in [1.29, 1.82) is 0 Å². The maximum absolute atomic E-state index is 13.2. The van der Waals surface area contributed by atoms with Crippen LogP contribution in [0.25, 0.3) is 0 Å². The summed E-state index contributed by atoms with van der Waals surface area (Å²) in [7, 11) is -1.02. The number of para-hydroxylation sites is 1. The van der Waals surface area contributed by atoms with Crippen molar-refractivity contribution in [3.8, 4) is 11.5 Å². The SMILES string of the molecule is COc1cccc(CN(C(=O)c2cc(C)n(Cc3c(Cl)cccc3Cl)n2)S(C)(=O)=O)c1OC. The monoisotopic (exact) mass is 511 g/mol. The van der Waals surface area contributed by atoms with Crippen molar-refractivity contribution >= 4 is 39.1 Å². The molecule has 33 heavy (non-hydrogen) atoms. The molecular weight excluding hydrogens is 489 g/mol. The van der Waals surface area contributed by atoms with Crippen LogP contribution in [0.2, 0.25) is 10.0 Å². The zero-order chi connectivity index (χ0) is 24.3. The Kier molecular flexibility index (Phi) is 7.56. The highest BCUT2D eigenvalue weighted by Gasteiger charge is 2.29. The molecule has 0 aliphatic heterocycles. The lowest BCUT2D eigenvalue weighted by atomic mass is 10.2. The van der Waals surface area contributed by atoms with Crippen LogP contribution in [0.3, 0.4) is 0 Å². The van der Waals surface area contributed by atoms with Crippen LogP contribution in [0.15, 0.2) is 42.5 Å². The molecule has 0 bridgehead atoms. The molecule has 0 aliphatic rings. The molecule has 0 saturated carbocycles. The summed E-state index contributed by atoms with van der Waals surface area (Å²) >= 11 is 12.5. The van der Waals surface area contributed by atoms with Gasteiger partial charge in [-0.05, 0) is 31.2 Å². The Bertz CT molecular complexity index is 1270. The number of halogens is 2. The van der Waals surface area contributed by atoms with Crippen molar-refractivity contribution in [2.75, 3.05) is 20.5 Å². The third kappa shape index (κ3) is 5.43. The van der Waals surface area contributed by atoms with E-state index in [1.54, 1.807) is 48.0 Å². The number of nitrogens with zero attached hydrogens (tertiary/aromatic N) is 3. The van der Waals surface area contributed by atoms with Crippen LogP contribution in [0.4, 0.5) is 0 Å². The lowest BCUT2D eigenvalue weighted by molar-refractivity contribution is 0.0848. The number of carbonyl (C=O) groups is 1. The Balaban J connectivity index is 1.96. The third-order valence-corrected chi connectivity index (χ3v) is 6.80. The molecule has 3 rings (SSSR count). The molecular formula is C22H23Cl2N3O5S. The maximum atomic E-state index is 13.2. The van der Waals surface area contributed by atoms with Crippen LogP contribution >= 0.6 is 23.2 Å². The smallest absolute Gasteiger partial charge is 0.288 e. The zero-order valence-corrected chi connectivity index (χ0v) is 20.8. The first-order valence-corrected chi connectivity index (χ1v) is 12.4. The van der Waals surface area contributed by atoms with Crippen LogP contribution in [-0.4, -0.2) is 48.9 Å². The Hall–Kier alpha value is -2.75. The molecule has 0 aliphatic carbocycles. The fourth-order valence-electron chi connectivity index (χ4n) is 3.31. The molecule has 8 nitrogen and oxygen atoms in total. The first kappa shape index (κ1) is 24.9. The summed E-state index contributed by atoms with van der Waals surface area (Å²) in [6.07, 6.45) is 0.963. The standard InChI is InChI=1S/C22H23Cl2N3O5S/c1-14-11-19(25-26(14)13-16-17(23)8-6-9-18(16)24)22(28)27(33(4,29)30)12-15-7-5-10-20(31-2)21(15)32-3/h5-11H,12-13H2,1-4H3. The fraction of sp³-hybridized carbons (Fsp3) is 0.273. The number of methoxy groups -OCH3 is 2. The van der Waals surface area contributed by atoms with Crippen molar-refractivity contribution in [3.63, 3.8) is 0 Å². The lowest BCUT2D eigenvalue weighted by Gasteiger charge is -2.21. The Morgan fingerprint density at radius 2 is 1.73 bits per heavy atom. The van der Waals surface area contributed by atoms with Gasteiger partial charge in [0.2, 0.25) is 10.0 Å². The van der Waals surface area contributed by atoms with Gasteiger partial charge in [-0.3, -0.25) is 9.48 Å². The highest BCUT2D eigenvalue weighted by Crippen LogP contribution is 2.32. The summed E-state index contributed by atoms with van der Waals surface area (Å²) in [5.41, 5.74) is 1.73. The van der Waals surface area contributed by atoms with Gasteiger partial charge in [-0.2, -0.15) is 5.10 Å². The van der Waals surface area contributed by atoms with Crippen LogP contribution in [0.1, 0.15) is 27.3 Å². The number of ether oxygens (including phenoxy) is 2. The quantitative estimate of drug-likeness (QED) is 0.450. The Labute approximate surface area is 202 Å². The van der Waals surface area contributed by atoms with Gasteiger partial charge in [0.25, 0.3) is 5.91 Å². The first-order chi connectivity index (χ1) is 15.6. The summed E-state index contributed by atoms with van der Waals surface area (Å²) in [5, 5.41) is 5.26. The molecule has 3 aromatic rings. The van der Waals surface area contributed by atoms with E-state index in [0.717, 1.165) is 10.6 Å². The number of aryl methyl sites for hydroxylation is 1. The second-order valence-corrected chi connectivity index (χ2v) is 9.98. The number of aromatic nitrogens is 2. The number of carbonyl (C=O) groups excluding carboxylic acids is 1. The Morgan fingerprint density at radius 3 is 2.30 bits per heavy atom. The van der Waals surface area contributed by atoms with E-state index in [2.05, 4.69) is 5.10 Å². The molecule has 11 heteroatoms. The number of sulfonamides is 1. The van der Waals surface area contributed by atoms with Gasteiger partial charge in [-0.15, -0.1) is 0 Å². The first-order valence-electron chi connectivity index (χ1n) is 9.76. The third-order valence-electron chi connectivity index (χ3n) is 5.00. The molecule has 2 aromatic carbocycles. The van der Waals surface area contributed by atoms with E-state index in [1.807, 2.05) is 0 Å². The number of benzene rings is 2. The van der Waals surface area contributed by atoms with E-state index in [4.69, 9.17) is 32.7 Å². The van der Waals surface area contributed by atoms with Gasteiger partial charge >= 0.3 is 0 Å². The minimum Gasteiger partial charge on any atom is -0.493 e. The Morgan fingerprint density at radius 1 is 1.09 bits per heavy atom. The molecule has 0 unspecified atom stereocenters. The summed E-state index contributed by atoms with van der Waals surface area (Å²) < 4.78 is 38.0. The predicted octanol–water partition coefficient (Wildman–Crippen LogP) is 4.17. The molecule has 0 atom stereocenters. The zero-order valence-electron chi connectivity index (χ0n) is 18.5. The molecule has 0 radical (unpaired) electrons. The molecule has 0 spiro atoms. The van der Waals surface area contributed by atoms with Gasteiger partial charge in [-0.1, -0.05) is 41.4 Å². The second-order valence-electron chi connectivity index (χ2n) is 7.26. The molecule has 1 amide bonds. The number of hydrogen-bond acceptors (Lipinski definition) is 6. The van der Waals surface area contributed by atoms with E-state index < -0.39 is 15.9 Å². The van der Waals surface area contributed by atoms with Crippen molar-refractivity contribution in [2.24, 2.45) is 0 Å². The average molecular weight is 512 g/mol.